The van der Waals surface area contributed by atoms with Crippen LogP contribution in [-0.2, 0) is 0 Å². The normalized spacial score (nSPS) is 10.6. The Morgan fingerprint density at radius 2 is 1.95 bits per heavy atom. The quantitative estimate of drug-likeness (QED) is 0.796. The molecular formula is C14H12FN5O. The Morgan fingerprint density at radius 1 is 1.19 bits per heavy atom. The number of benzene rings is 1. The highest BCUT2D eigenvalue weighted by Gasteiger charge is 2.18. The van der Waals surface area contributed by atoms with Crippen molar-refractivity contribution < 1.29 is 9.13 Å². The first kappa shape index (κ1) is 13.0. The van der Waals surface area contributed by atoms with Crippen molar-refractivity contribution in [2.45, 2.75) is 0 Å². The molecule has 2 N–H and O–H groups in total. The summed E-state index contributed by atoms with van der Waals surface area (Å²) >= 11 is 0. The van der Waals surface area contributed by atoms with Crippen LogP contribution in [0.4, 0.5) is 10.1 Å². The molecule has 0 radical (unpaired) electrons. The predicted octanol–water partition coefficient (Wildman–Crippen LogP) is 2.06. The Morgan fingerprint density at radius 3 is 2.67 bits per heavy atom. The largest absolute Gasteiger partial charge is 0.496 e. The Kier molecular flexibility index (Phi) is 3.23. The molecule has 0 bridgehead atoms. The van der Waals surface area contributed by atoms with E-state index >= 15 is 0 Å². The van der Waals surface area contributed by atoms with E-state index in [1.807, 2.05) is 0 Å². The van der Waals surface area contributed by atoms with E-state index < -0.39 is 5.82 Å². The van der Waals surface area contributed by atoms with Gasteiger partial charge in [0.25, 0.3) is 5.95 Å². The second-order valence-electron chi connectivity index (χ2n) is 4.24. The number of nitrogens with two attached hydrogens (primary N) is 1. The number of ether oxygens (including phenoxy) is 1. The Hall–Kier alpha value is -2.96. The van der Waals surface area contributed by atoms with E-state index in [9.17, 15) is 4.39 Å². The Bertz CT molecular complexity index is 772. The fraction of sp³-hybridized carbons (Fsp3) is 0.0714. The lowest BCUT2D eigenvalue weighted by Gasteiger charge is -2.07. The zero-order valence-corrected chi connectivity index (χ0v) is 11.2. The molecule has 0 atom stereocenters. The molecular weight excluding hydrogens is 273 g/mol. The third-order valence-corrected chi connectivity index (χ3v) is 2.93. The number of methoxy groups -OCH3 is 1. The molecule has 0 unspecified atom stereocenters. The number of halogens is 1. The first-order valence-corrected chi connectivity index (χ1v) is 6.16. The smallest absolute Gasteiger partial charge is 0.250 e. The lowest BCUT2D eigenvalue weighted by molar-refractivity contribution is 0.413. The lowest BCUT2D eigenvalue weighted by atomic mass is 10.1. The van der Waals surface area contributed by atoms with E-state index in [0.717, 1.165) is 0 Å². The van der Waals surface area contributed by atoms with E-state index in [-0.39, 0.29) is 11.3 Å². The molecule has 2 aromatic heterocycles. The molecule has 0 amide bonds. The van der Waals surface area contributed by atoms with Crippen molar-refractivity contribution in [3.63, 3.8) is 0 Å². The first-order chi connectivity index (χ1) is 10.2. The van der Waals surface area contributed by atoms with Crippen molar-refractivity contribution in [2.24, 2.45) is 0 Å². The van der Waals surface area contributed by atoms with Gasteiger partial charge in [-0.05, 0) is 18.2 Å². The van der Waals surface area contributed by atoms with Gasteiger partial charge in [-0.2, -0.15) is 5.10 Å². The lowest BCUT2D eigenvalue weighted by Crippen LogP contribution is -2.01. The molecule has 0 saturated heterocycles. The SMILES string of the molecule is COc1cccc(F)c1-c1nn(-c2ncccn2)cc1N. The zero-order chi connectivity index (χ0) is 14.8. The van der Waals surface area contributed by atoms with Crippen LogP contribution in [0.5, 0.6) is 5.75 Å². The van der Waals surface area contributed by atoms with Crippen LogP contribution in [0.1, 0.15) is 0 Å². The van der Waals surface area contributed by atoms with Crippen molar-refractivity contribution in [1.29, 1.82) is 0 Å². The molecule has 3 aromatic rings. The van der Waals surface area contributed by atoms with Gasteiger partial charge in [-0.3, -0.25) is 0 Å². The molecule has 106 valence electrons. The second-order valence-corrected chi connectivity index (χ2v) is 4.24. The fourth-order valence-corrected chi connectivity index (χ4v) is 2.00. The van der Waals surface area contributed by atoms with Gasteiger partial charge < -0.3 is 10.5 Å². The topological polar surface area (TPSA) is 78.8 Å². The summed E-state index contributed by atoms with van der Waals surface area (Å²) in [6.45, 7) is 0. The summed E-state index contributed by atoms with van der Waals surface area (Å²) in [7, 11) is 1.46. The van der Waals surface area contributed by atoms with Crippen molar-refractivity contribution in [3.8, 4) is 23.0 Å². The number of hydrogen-bond acceptors (Lipinski definition) is 5. The van der Waals surface area contributed by atoms with E-state index in [4.69, 9.17) is 10.5 Å². The van der Waals surface area contributed by atoms with Gasteiger partial charge in [-0.1, -0.05) is 6.07 Å². The minimum atomic E-state index is -0.458. The third kappa shape index (κ3) is 2.29. The average Bonchev–Trinajstić information content (AvgIpc) is 2.89. The number of nitrogen functional groups attached to an aromatic ring is 1. The van der Waals surface area contributed by atoms with Gasteiger partial charge in [0.15, 0.2) is 0 Å². The van der Waals surface area contributed by atoms with E-state index in [0.29, 0.717) is 17.4 Å². The highest BCUT2D eigenvalue weighted by atomic mass is 19.1. The van der Waals surface area contributed by atoms with Crippen LogP contribution in [0, 0.1) is 5.82 Å². The van der Waals surface area contributed by atoms with Gasteiger partial charge in [-0.15, -0.1) is 0 Å². The van der Waals surface area contributed by atoms with Gasteiger partial charge in [0.1, 0.15) is 17.3 Å². The maximum atomic E-state index is 14.1. The third-order valence-electron chi connectivity index (χ3n) is 2.93. The summed E-state index contributed by atoms with van der Waals surface area (Å²) in [6.07, 6.45) is 4.71. The number of rotatable bonds is 3. The van der Waals surface area contributed by atoms with E-state index in [2.05, 4.69) is 15.1 Å². The molecule has 21 heavy (non-hydrogen) atoms. The summed E-state index contributed by atoms with van der Waals surface area (Å²) in [4.78, 5) is 8.14. The van der Waals surface area contributed by atoms with Crippen molar-refractivity contribution in [2.75, 3.05) is 12.8 Å². The first-order valence-electron chi connectivity index (χ1n) is 6.16. The highest BCUT2D eigenvalue weighted by Crippen LogP contribution is 2.34. The highest BCUT2D eigenvalue weighted by molar-refractivity contribution is 5.77. The molecule has 0 aliphatic heterocycles. The minimum absolute atomic E-state index is 0.215. The zero-order valence-electron chi connectivity index (χ0n) is 11.2. The number of aromatic nitrogens is 4. The van der Waals surface area contributed by atoms with Gasteiger partial charge in [0.05, 0.1) is 24.6 Å². The van der Waals surface area contributed by atoms with Crippen LogP contribution in [-0.4, -0.2) is 26.9 Å². The number of anilines is 1. The standard InChI is InChI=1S/C14H12FN5O/c1-21-11-5-2-4-9(15)12(11)13-10(16)8-20(19-13)14-17-6-3-7-18-14/h2-8H,16H2,1H3. The molecule has 0 fully saturated rings. The maximum Gasteiger partial charge on any atom is 0.250 e. The second kappa shape index (κ2) is 5.20. The van der Waals surface area contributed by atoms with Gasteiger partial charge >= 0.3 is 0 Å². The van der Waals surface area contributed by atoms with Crippen LogP contribution in [0.3, 0.4) is 0 Å². The van der Waals surface area contributed by atoms with E-state index in [1.54, 1.807) is 30.6 Å². The molecule has 0 aliphatic rings. The van der Waals surface area contributed by atoms with Crippen LogP contribution >= 0.6 is 0 Å². The van der Waals surface area contributed by atoms with Crippen molar-refractivity contribution in [1.82, 2.24) is 19.7 Å². The molecule has 0 aliphatic carbocycles. The minimum Gasteiger partial charge on any atom is -0.496 e. The summed E-state index contributed by atoms with van der Waals surface area (Å²) in [6, 6.07) is 6.23. The molecule has 1 aromatic carbocycles. The molecule has 0 saturated carbocycles. The summed E-state index contributed by atoms with van der Waals surface area (Å²) in [5.41, 5.74) is 6.76. The van der Waals surface area contributed by atoms with Crippen LogP contribution in [0.15, 0.2) is 42.9 Å². The molecule has 6 nitrogen and oxygen atoms in total. The maximum absolute atomic E-state index is 14.1. The molecule has 7 heteroatoms. The van der Waals surface area contributed by atoms with Crippen LogP contribution in [0.2, 0.25) is 0 Å². The summed E-state index contributed by atoms with van der Waals surface area (Å²) < 4.78 is 20.7. The van der Waals surface area contributed by atoms with Crippen LogP contribution < -0.4 is 10.5 Å². The predicted molar refractivity (Wildman–Crippen MR) is 75.5 cm³/mol. The average molecular weight is 285 g/mol. The van der Waals surface area contributed by atoms with Gasteiger partial charge in [0.2, 0.25) is 0 Å². The summed E-state index contributed by atoms with van der Waals surface area (Å²) in [5, 5.41) is 4.27. The number of hydrogen-bond donors (Lipinski definition) is 1. The molecule has 0 spiro atoms. The number of nitrogens with zero attached hydrogens (tertiary/aromatic N) is 4. The molecule has 2 heterocycles. The monoisotopic (exact) mass is 285 g/mol. The van der Waals surface area contributed by atoms with Gasteiger partial charge in [-0.25, -0.2) is 19.0 Å². The Labute approximate surface area is 120 Å². The van der Waals surface area contributed by atoms with Crippen LogP contribution in [0.25, 0.3) is 17.2 Å². The van der Waals surface area contributed by atoms with E-state index in [1.165, 1.54) is 24.1 Å². The van der Waals surface area contributed by atoms with Crippen molar-refractivity contribution in [3.05, 3.63) is 48.7 Å². The van der Waals surface area contributed by atoms with Gasteiger partial charge in [0, 0.05) is 12.4 Å². The Balaban J connectivity index is 2.15. The molecule has 3 rings (SSSR count). The summed E-state index contributed by atoms with van der Waals surface area (Å²) in [5.74, 6) is 0.256. The fourth-order valence-electron chi connectivity index (χ4n) is 2.00. The van der Waals surface area contributed by atoms with Crippen molar-refractivity contribution >= 4 is 5.69 Å².